The van der Waals surface area contributed by atoms with Gasteiger partial charge in [-0.15, -0.1) is 0 Å². The molecule has 1 saturated heterocycles. The van der Waals surface area contributed by atoms with E-state index in [0.717, 1.165) is 19.3 Å². The Labute approximate surface area is 152 Å². The molecule has 0 aliphatic carbocycles. The highest BCUT2D eigenvalue weighted by Crippen LogP contribution is 2.24. The van der Waals surface area contributed by atoms with Crippen LogP contribution in [0.3, 0.4) is 0 Å². The van der Waals surface area contributed by atoms with Crippen molar-refractivity contribution in [2.45, 2.75) is 30.4 Å². The lowest BCUT2D eigenvalue weighted by molar-refractivity contribution is -0.198. The van der Waals surface area contributed by atoms with Gasteiger partial charge in [-0.05, 0) is 25.0 Å². The normalized spacial score (nSPS) is 21.3. The minimum Gasteiger partial charge on any atom is -0.497 e. The van der Waals surface area contributed by atoms with Gasteiger partial charge in [-0.3, -0.25) is 4.79 Å². The molecule has 3 rings (SSSR count). The largest absolute Gasteiger partial charge is 0.497 e. The lowest BCUT2D eigenvalue weighted by Gasteiger charge is -2.22. The summed E-state index contributed by atoms with van der Waals surface area (Å²) in [5.74, 6) is -0.000375. The van der Waals surface area contributed by atoms with E-state index in [0.29, 0.717) is 17.9 Å². The van der Waals surface area contributed by atoms with Crippen LogP contribution in [0, 0.1) is 0 Å². The summed E-state index contributed by atoms with van der Waals surface area (Å²) in [6.07, 6.45) is 3.81. The summed E-state index contributed by atoms with van der Waals surface area (Å²) < 4.78 is 37.1. The number of hydrogen-bond acceptors (Lipinski definition) is 6. The summed E-state index contributed by atoms with van der Waals surface area (Å²) >= 11 is 0. The molecule has 26 heavy (non-hydrogen) atoms. The maximum absolute atomic E-state index is 12.7. The molecule has 2 aliphatic rings. The highest BCUT2D eigenvalue weighted by Gasteiger charge is 2.31. The molecule has 1 amide bonds. The van der Waals surface area contributed by atoms with Crippen LogP contribution in [0.25, 0.3) is 0 Å². The number of hydrogen-bond donors (Lipinski definition) is 1. The van der Waals surface area contributed by atoms with E-state index in [1.54, 1.807) is 18.2 Å². The van der Waals surface area contributed by atoms with Gasteiger partial charge < -0.3 is 9.47 Å². The number of ether oxygens (including phenoxy) is 2. The zero-order valence-electron chi connectivity index (χ0n) is 14.5. The van der Waals surface area contributed by atoms with Gasteiger partial charge in [0.25, 0.3) is 5.91 Å². The Morgan fingerprint density at radius 2 is 2.19 bits per heavy atom. The van der Waals surface area contributed by atoms with Crippen LogP contribution in [0.4, 0.5) is 0 Å². The number of nitrogens with zero attached hydrogens (tertiary/aromatic N) is 1. The van der Waals surface area contributed by atoms with E-state index in [-0.39, 0.29) is 18.0 Å². The molecule has 142 valence electrons. The van der Waals surface area contributed by atoms with E-state index in [1.165, 1.54) is 23.5 Å². The predicted molar refractivity (Wildman–Crippen MR) is 92.7 cm³/mol. The van der Waals surface area contributed by atoms with E-state index >= 15 is 0 Å². The van der Waals surface area contributed by atoms with Crippen molar-refractivity contribution >= 4 is 15.9 Å². The van der Waals surface area contributed by atoms with Gasteiger partial charge in [0.15, 0.2) is 6.29 Å². The molecule has 1 aromatic carbocycles. The van der Waals surface area contributed by atoms with Crippen molar-refractivity contribution in [2.75, 3.05) is 26.8 Å². The lowest BCUT2D eigenvalue weighted by atomic mass is 10.2. The Kier molecular flexibility index (Phi) is 5.92. The van der Waals surface area contributed by atoms with Gasteiger partial charge in [-0.25, -0.2) is 18.7 Å². The molecule has 1 fully saturated rings. The van der Waals surface area contributed by atoms with Gasteiger partial charge in [-0.2, -0.15) is 4.31 Å². The average Bonchev–Trinajstić information content (AvgIpc) is 3.18. The minimum atomic E-state index is -3.72. The number of carbonyl (C=O) groups excluding carboxylic acids is 1. The number of sulfonamides is 1. The second-order valence-corrected chi connectivity index (χ2v) is 7.99. The van der Waals surface area contributed by atoms with Crippen LogP contribution in [0.15, 0.2) is 40.8 Å². The quantitative estimate of drug-likeness (QED) is 0.743. The van der Waals surface area contributed by atoms with Crippen LogP contribution in [0.2, 0.25) is 0 Å². The van der Waals surface area contributed by atoms with Crippen molar-refractivity contribution in [3.8, 4) is 5.75 Å². The molecule has 0 aromatic heterocycles. The van der Waals surface area contributed by atoms with Crippen molar-refractivity contribution in [3.05, 3.63) is 35.9 Å². The van der Waals surface area contributed by atoms with Crippen molar-refractivity contribution in [1.29, 1.82) is 0 Å². The first kappa shape index (κ1) is 18.8. The molecule has 2 aliphatic heterocycles. The summed E-state index contributed by atoms with van der Waals surface area (Å²) in [7, 11) is -2.24. The van der Waals surface area contributed by atoms with Crippen molar-refractivity contribution in [1.82, 2.24) is 9.79 Å². The number of carbonyl (C=O) groups is 1. The number of benzene rings is 1. The van der Waals surface area contributed by atoms with Crippen LogP contribution in [0.1, 0.15) is 19.3 Å². The second-order valence-electron chi connectivity index (χ2n) is 6.05. The van der Waals surface area contributed by atoms with E-state index in [4.69, 9.17) is 14.3 Å². The predicted octanol–water partition coefficient (Wildman–Crippen LogP) is 1.20. The van der Waals surface area contributed by atoms with Gasteiger partial charge in [0.1, 0.15) is 5.75 Å². The number of nitrogens with one attached hydrogen (secondary N) is 1. The third-order valence-electron chi connectivity index (χ3n) is 4.28. The lowest BCUT2D eigenvalue weighted by Crippen LogP contribution is -2.36. The number of hydroxylamine groups is 1. The molecule has 0 spiro atoms. The molecule has 2 heterocycles. The summed E-state index contributed by atoms with van der Waals surface area (Å²) in [6.45, 7) is 0.721. The fourth-order valence-corrected chi connectivity index (χ4v) is 4.17. The summed E-state index contributed by atoms with van der Waals surface area (Å²) in [6, 6.07) is 6.24. The first-order valence-electron chi connectivity index (χ1n) is 8.41. The van der Waals surface area contributed by atoms with Crippen molar-refractivity contribution in [2.24, 2.45) is 0 Å². The van der Waals surface area contributed by atoms with Crippen LogP contribution >= 0.6 is 0 Å². The average molecular weight is 382 g/mol. The molecule has 0 radical (unpaired) electrons. The molecule has 8 nitrogen and oxygen atoms in total. The molecule has 0 saturated carbocycles. The smallest absolute Gasteiger partial charge is 0.271 e. The fourth-order valence-electron chi connectivity index (χ4n) is 2.78. The Balaban J connectivity index is 1.58. The topological polar surface area (TPSA) is 94.2 Å². The Morgan fingerprint density at radius 3 is 2.92 bits per heavy atom. The van der Waals surface area contributed by atoms with E-state index in [9.17, 15) is 13.2 Å². The molecule has 0 bridgehead atoms. The third kappa shape index (κ3) is 4.24. The molecule has 1 N–H and O–H groups in total. The van der Waals surface area contributed by atoms with Crippen LogP contribution < -0.4 is 10.2 Å². The monoisotopic (exact) mass is 382 g/mol. The summed E-state index contributed by atoms with van der Waals surface area (Å²) in [5.41, 5.74) is 2.69. The Hall–Kier alpha value is -1.94. The van der Waals surface area contributed by atoms with Gasteiger partial charge in [0, 0.05) is 37.8 Å². The molecular formula is C17H22N2O6S. The number of amides is 1. The fraction of sp³-hybridized carbons (Fsp3) is 0.471. The first-order chi connectivity index (χ1) is 12.5. The van der Waals surface area contributed by atoms with Crippen LogP contribution in [-0.2, 0) is 24.4 Å². The van der Waals surface area contributed by atoms with Gasteiger partial charge in [-0.1, -0.05) is 12.1 Å². The second kappa shape index (κ2) is 8.17. The molecule has 9 heteroatoms. The maximum Gasteiger partial charge on any atom is 0.271 e. The van der Waals surface area contributed by atoms with E-state index in [2.05, 4.69) is 5.48 Å². The van der Waals surface area contributed by atoms with Crippen molar-refractivity contribution in [3.63, 3.8) is 0 Å². The standard InChI is InChI=1S/C17H22N2O6S/c1-23-14-5-4-6-15(11-14)26(21,22)19-9-8-13(12-19)17(20)18-25-16-7-2-3-10-24-16/h4-6,8,11,16H,2-3,7,9-10,12H2,1H3,(H,18,20). The molecule has 1 aromatic rings. The zero-order valence-corrected chi connectivity index (χ0v) is 15.3. The molecule has 1 atom stereocenters. The van der Waals surface area contributed by atoms with E-state index in [1.807, 2.05) is 0 Å². The van der Waals surface area contributed by atoms with Gasteiger partial charge >= 0.3 is 0 Å². The van der Waals surface area contributed by atoms with E-state index < -0.39 is 22.2 Å². The number of rotatable bonds is 6. The number of methoxy groups -OCH3 is 1. The minimum absolute atomic E-state index is 0.0136. The third-order valence-corrected chi connectivity index (χ3v) is 6.09. The highest BCUT2D eigenvalue weighted by atomic mass is 32.2. The van der Waals surface area contributed by atoms with Gasteiger partial charge in [0.2, 0.25) is 10.0 Å². The summed E-state index contributed by atoms with van der Waals surface area (Å²) in [4.78, 5) is 17.6. The summed E-state index contributed by atoms with van der Waals surface area (Å²) in [5, 5.41) is 0. The zero-order chi connectivity index (χ0) is 18.6. The molecule has 1 unspecified atom stereocenters. The maximum atomic E-state index is 12.7. The Bertz CT molecular complexity index is 786. The van der Waals surface area contributed by atoms with Crippen molar-refractivity contribution < 1.29 is 27.5 Å². The Morgan fingerprint density at radius 1 is 1.35 bits per heavy atom. The van der Waals surface area contributed by atoms with Gasteiger partial charge in [0.05, 0.1) is 12.0 Å². The van der Waals surface area contributed by atoms with Crippen LogP contribution in [0.5, 0.6) is 5.75 Å². The molecular weight excluding hydrogens is 360 g/mol. The SMILES string of the molecule is COc1cccc(S(=O)(=O)N2CC=C(C(=O)NOC3CCCCO3)C2)c1. The van der Waals surface area contributed by atoms with Crippen LogP contribution in [-0.4, -0.2) is 51.7 Å². The first-order valence-corrected chi connectivity index (χ1v) is 9.85. The highest BCUT2D eigenvalue weighted by molar-refractivity contribution is 7.89.